The van der Waals surface area contributed by atoms with Crippen LogP contribution < -0.4 is 0 Å². The van der Waals surface area contributed by atoms with E-state index in [2.05, 4.69) is 23.2 Å². The van der Waals surface area contributed by atoms with Crippen LogP contribution in [0, 0.1) is 5.82 Å². The zero-order chi connectivity index (χ0) is 17.3. The van der Waals surface area contributed by atoms with Crippen molar-refractivity contribution < 1.29 is 9.50 Å². The van der Waals surface area contributed by atoms with E-state index in [0.717, 1.165) is 34.6 Å². The van der Waals surface area contributed by atoms with Crippen LogP contribution in [0.5, 0.6) is 0 Å². The van der Waals surface area contributed by atoms with E-state index in [4.69, 9.17) is 0 Å². The maximum atomic E-state index is 13.4. The van der Waals surface area contributed by atoms with Gasteiger partial charge in [0.2, 0.25) is 0 Å². The predicted octanol–water partition coefficient (Wildman–Crippen LogP) is 2.61. The van der Waals surface area contributed by atoms with Crippen molar-refractivity contribution in [3.05, 3.63) is 58.8 Å². The van der Waals surface area contributed by atoms with Crippen LogP contribution in [0.3, 0.4) is 0 Å². The minimum absolute atomic E-state index is 0.227. The minimum Gasteiger partial charge on any atom is -0.392 e. The number of aromatic nitrogens is 4. The number of nitrogens with zero attached hydrogens (tertiary/aromatic N) is 4. The van der Waals surface area contributed by atoms with Gasteiger partial charge in [-0.15, -0.1) is 0 Å². The van der Waals surface area contributed by atoms with Crippen molar-refractivity contribution in [3.8, 4) is 11.3 Å². The summed E-state index contributed by atoms with van der Waals surface area (Å²) in [4.78, 5) is 0. The summed E-state index contributed by atoms with van der Waals surface area (Å²) in [5, 5.41) is 18.6. The van der Waals surface area contributed by atoms with Crippen molar-refractivity contribution in [1.82, 2.24) is 19.6 Å². The van der Waals surface area contributed by atoms with Crippen LogP contribution in [0.2, 0.25) is 0 Å². The molecule has 24 heavy (non-hydrogen) atoms. The highest BCUT2D eigenvalue weighted by molar-refractivity contribution is 5.67. The number of rotatable bonds is 5. The summed E-state index contributed by atoms with van der Waals surface area (Å²) in [5.41, 5.74) is 5.22. The first-order valence-electron chi connectivity index (χ1n) is 7.95. The lowest BCUT2D eigenvalue weighted by atomic mass is 10.00. The van der Waals surface area contributed by atoms with Crippen LogP contribution in [0.4, 0.5) is 4.39 Å². The van der Waals surface area contributed by atoms with Crippen LogP contribution in [-0.2, 0) is 33.5 Å². The van der Waals surface area contributed by atoms with Gasteiger partial charge in [0.1, 0.15) is 5.82 Å². The lowest BCUT2D eigenvalue weighted by Gasteiger charge is -2.08. The fourth-order valence-corrected chi connectivity index (χ4v) is 2.92. The molecule has 6 heteroatoms. The largest absolute Gasteiger partial charge is 0.392 e. The Hall–Kier alpha value is -2.47. The molecule has 0 fully saturated rings. The highest BCUT2D eigenvalue weighted by Crippen LogP contribution is 2.28. The second-order valence-electron chi connectivity index (χ2n) is 5.92. The molecular weight excluding hydrogens is 307 g/mol. The summed E-state index contributed by atoms with van der Waals surface area (Å²) in [6, 6.07) is 6.51. The van der Waals surface area contributed by atoms with E-state index >= 15 is 0 Å². The van der Waals surface area contributed by atoms with Gasteiger partial charge in [0.05, 0.1) is 18.0 Å². The van der Waals surface area contributed by atoms with E-state index in [-0.39, 0.29) is 12.4 Å². The molecule has 0 radical (unpaired) electrons. The fourth-order valence-electron chi connectivity index (χ4n) is 2.92. The van der Waals surface area contributed by atoms with Crippen LogP contribution in [-0.4, -0.2) is 24.7 Å². The van der Waals surface area contributed by atoms with Gasteiger partial charge < -0.3 is 5.11 Å². The zero-order valence-corrected chi connectivity index (χ0v) is 14.1. The number of benzene rings is 1. The predicted molar refractivity (Wildman–Crippen MR) is 89.9 cm³/mol. The van der Waals surface area contributed by atoms with Gasteiger partial charge in [0.15, 0.2) is 0 Å². The Morgan fingerprint density at radius 3 is 2.58 bits per heavy atom. The molecule has 0 amide bonds. The minimum atomic E-state index is -0.362. The van der Waals surface area contributed by atoms with Crippen molar-refractivity contribution in [2.75, 3.05) is 0 Å². The summed E-state index contributed by atoms with van der Waals surface area (Å²) < 4.78 is 17.1. The molecule has 0 bridgehead atoms. The van der Waals surface area contributed by atoms with Gasteiger partial charge in [-0.05, 0) is 36.2 Å². The maximum absolute atomic E-state index is 13.4. The number of hydrogen-bond donors (Lipinski definition) is 1. The van der Waals surface area contributed by atoms with Crippen molar-refractivity contribution in [2.24, 2.45) is 14.1 Å². The van der Waals surface area contributed by atoms with Crippen molar-refractivity contribution >= 4 is 0 Å². The molecule has 0 atom stereocenters. The Labute approximate surface area is 140 Å². The number of aliphatic hydroxyl groups is 1. The molecule has 2 aromatic heterocycles. The Balaban J connectivity index is 2.03. The van der Waals surface area contributed by atoms with Crippen molar-refractivity contribution in [3.63, 3.8) is 0 Å². The summed E-state index contributed by atoms with van der Waals surface area (Å²) in [6.45, 7) is 1.85. The monoisotopic (exact) mass is 328 g/mol. The topological polar surface area (TPSA) is 55.9 Å². The van der Waals surface area contributed by atoms with Crippen LogP contribution in [0.15, 0.2) is 30.5 Å². The summed E-state index contributed by atoms with van der Waals surface area (Å²) in [5.74, 6) is -0.362. The lowest BCUT2D eigenvalue weighted by molar-refractivity contribution is 0.281. The summed E-state index contributed by atoms with van der Waals surface area (Å²) >= 11 is 0. The van der Waals surface area contributed by atoms with Crippen molar-refractivity contribution in [1.29, 1.82) is 0 Å². The molecule has 0 aliphatic carbocycles. The number of hydrogen-bond acceptors (Lipinski definition) is 3. The molecule has 1 aromatic carbocycles. The van der Waals surface area contributed by atoms with E-state index in [1.54, 1.807) is 10.7 Å². The Bertz CT molecular complexity index is 866. The van der Waals surface area contributed by atoms with Crippen LogP contribution >= 0.6 is 0 Å². The van der Waals surface area contributed by atoms with Gasteiger partial charge in [0.25, 0.3) is 0 Å². The van der Waals surface area contributed by atoms with Gasteiger partial charge in [-0.3, -0.25) is 9.36 Å². The Morgan fingerprint density at radius 1 is 1.12 bits per heavy atom. The summed E-state index contributed by atoms with van der Waals surface area (Å²) in [6.07, 6.45) is 3.52. The molecule has 0 spiro atoms. The third kappa shape index (κ3) is 3.10. The van der Waals surface area contributed by atoms with E-state index < -0.39 is 0 Å². The van der Waals surface area contributed by atoms with E-state index in [1.807, 2.05) is 25.0 Å². The smallest absolute Gasteiger partial charge is 0.123 e. The average molecular weight is 328 g/mol. The van der Waals surface area contributed by atoms with E-state index in [9.17, 15) is 9.50 Å². The van der Waals surface area contributed by atoms with E-state index in [1.165, 1.54) is 12.1 Å². The first kappa shape index (κ1) is 16.4. The normalized spacial score (nSPS) is 11.2. The zero-order valence-electron chi connectivity index (χ0n) is 14.1. The summed E-state index contributed by atoms with van der Waals surface area (Å²) in [7, 11) is 3.79. The Morgan fingerprint density at radius 2 is 1.92 bits per heavy atom. The maximum Gasteiger partial charge on any atom is 0.123 e. The molecule has 3 aromatic rings. The standard InChI is InChI=1S/C18H21FN4O/c1-4-15-9-16(23(3)20-15)8-12-10-22(2)21-18(12)17-6-5-14(19)7-13(17)11-24/h5-7,9-10,24H,4,8,11H2,1-3H3. The van der Waals surface area contributed by atoms with Crippen LogP contribution in [0.1, 0.15) is 29.4 Å². The molecule has 1 N–H and O–H groups in total. The first-order chi connectivity index (χ1) is 11.5. The fraction of sp³-hybridized carbons (Fsp3) is 0.333. The van der Waals surface area contributed by atoms with Crippen molar-refractivity contribution in [2.45, 2.75) is 26.4 Å². The average Bonchev–Trinajstić information content (AvgIpc) is 3.10. The molecule has 0 saturated carbocycles. The van der Waals surface area contributed by atoms with Gasteiger partial charge >= 0.3 is 0 Å². The molecule has 0 unspecified atom stereocenters. The molecule has 3 rings (SSSR count). The highest BCUT2D eigenvalue weighted by atomic mass is 19.1. The number of aryl methyl sites for hydroxylation is 3. The molecule has 0 aliphatic heterocycles. The van der Waals surface area contributed by atoms with Gasteiger partial charge in [0, 0.05) is 43.5 Å². The second kappa shape index (κ2) is 6.57. The highest BCUT2D eigenvalue weighted by Gasteiger charge is 2.16. The quantitative estimate of drug-likeness (QED) is 0.783. The number of halogens is 1. The number of aliphatic hydroxyl groups excluding tert-OH is 1. The molecule has 0 saturated heterocycles. The molecular formula is C18H21FN4O. The first-order valence-corrected chi connectivity index (χ1v) is 7.95. The molecule has 2 heterocycles. The third-order valence-electron chi connectivity index (χ3n) is 4.16. The SMILES string of the molecule is CCc1cc(Cc2cn(C)nc2-c2ccc(F)cc2CO)n(C)n1. The van der Waals surface area contributed by atoms with Gasteiger partial charge in [-0.1, -0.05) is 6.92 Å². The third-order valence-corrected chi connectivity index (χ3v) is 4.16. The molecule has 126 valence electrons. The lowest BCUT2D eigenvalue weighted by Crippen LogP contribution is -2.00. The second-order valence-corrected chi connectivity index (χ2v) is 5.92. The Kier molecular flexibility index (Phi) is 4.49. The van der Waals surface area contributed by atoms with Gasteiger partial charge in [-0.2, -0.15) is 10.2 Å². The molecule has 5 nitrogen and oxygen atoms in total. The van der Waals surface area contributed by atoms with E-state index in [0.29, 0.717) is 12.0 Å². The molecule has 0 aliphatic rings. The van der Waals surface area contributed by atoms with Crippen LogP contribution in [0.25, 0.3) is 11.3 Å². The van der Waals surface area contributed by atoms with Gasteiger partial charge in [-0.25, -0.2) is 4.39 Å².